The van der Waals surface area contributed by atoms with Crippen LogP contribution < -0.4 is 4.90 Å². The molecular formula is C16H26FNO2. The van der Waals surface area contributed by atoms with Crippen molar-refractivity contribution in [2.75, 3.05) is 18.1 Å². The van der Waals surface area contributed by atoms with E-state index in [1.165, 1.54) is 6.07 Å². The van der Waals surface area contributed by atoms with Gasteiger partial charge in [-0.2, -0.15) is 0 Å². The minimum atomic E-state index is -0.740. The van der Waals surface area contributed by atoms with E-state index < -0.39 is 6.10 Å². The van der Waals surface area contributed by atoms with Crippen LogP contribution in [0.2, 0.25) is 0 Å². The molecule has 114 valence electrons. The average Bonchev–Trinajstić information content (AvgIpc) is 2.41. The maximum absolute atomic E-state index is 13.8. The van der Waals surface area contributed by atoms with Gasteiger partial charge in [0, 0.05) is 23.8 Å². The van der Waals surface area contributed by atoms with Crippen molar-refractivity contribution in [3.05, 3.63) is 29.1 Å². The zero-order valence-corrected chi connectivity index (χ0v) is 12.9. The van der Waals surface area contributed by atoms with Crippen LogP contribution in [0.25, 0.3) is 0 Å². The van der Waals surface area contributed by atoms with E-state index in [4.69, 9.17) is 0 Å². The Hall–Kier alpha value is -1.13. The fourth-order valence-electron chi connectivity index (χ4n) is 2.60. The molecule has 0 bridgehead atoms. The molecule has 0 aliphatic rings. The van der Waals surface area contributed by atoms with Crippen LogP contribution in [0.3, 0.4) is 0 Å². The van der Waals surface area contributed by atoms with E-state index in [2.05, 4.69) is 18.7 Å². The first kappa shape index (κ1) is 16.9. The Morgan fingerprint density at radius 3 is 2.30 bits per heavy atom. The van der Waals surface area contributed by atoms with Gasteiger partial charge >= 0.3 is 0 Å². The van der Waals surface area contributed by atoms with Crippen molar-refractivity contribution < 1.29 is 14.6 Å². The van der Waals surface area contributed by atoms with E-state index in [9.17, 15) is 14.6 Å². The monoisotopic (exact) mass is 283 g/mol. The number of benzene rings is 1. The van der Waals surface area contributed by atoms with Crippen molar-refractivity contribution in [3.63, 3.8) is 0 Å². The van der Waals surface area contributed by atoms with Crippen molar-refractivity contribution >= 4 is 5.69 Å². The Morgan fingerprint density at radius 2 is 1.85 bits per heavy atom. The SMILES string of the molecule is CCC(CC)N(CCO)c1cc(C)c(F)cc1[C@H](C)O. The Morgan fingerprint density at radius 1 is 1.25 bits per heavy atom. The summed E-state index contributed by atoms with van der Waals surface area (Å²) >= 11 is 0. The maximum Gasteiger partial charge on any atom is 0.126 e. The highest BCUT2D eigenvalue weighted by Gasteiger charge is 2.21. The van der Waals surface area contributed by atoms with Crippen LogP contribution in [0, 0.1) is 12.7 Å². The molecule has 0 spiro atoms. The largest absolute Gasteiger partial charge is 0.395 e. The second kappa shape index (κ2) is 7.60. The molecular weight excluding hydrogens is 257 g/mol. The molecule has 0 fully saturated rings. The fraction of sp³-hybridized carbons (Fsp3) is 0.625. The Labute approximate surface area is 121 Å². The highest BCUT2D eigenvalue weighted by atomic mass is 19.1. The van der Waals surface area contributed by atoms with Gasteiger partial charge in [-0.15, -0.1) is 0 Å². The van der Waals surface area contributed by atoms with E-state index in [1.807, 2.05) is 0 Å². The number of hydrogen-bond acceptors (Lipinski definition) is 3. The molecule has 0 radical (unpaired) electrons. The molecule has 1 aromatic carbocycles. The number of rotatable bonds is 7. The summed E-state index contributed by atoms with van der Waals surface area (Å²) in [7, 11) is 0. The second-order valence-electron chi connectivity index (χ2n) is 5.22. The lowest BCUT2D eigenvalue weighted by Gasteiger charge is -2.34. The number of aryl methyl sites for hydroxylation is 1. The average molecular weight is 283 g/mol. The normalized spacial score (nSPS) is 12.8. The number of aliphatic hydroxyl groups is 2. The highest BCUT2D eigenvalue weighted by molar-refractivity contribution is 5.57. The molecule has 20 heavy (non-hydrogen) atoms. The highest BCUT2D eigenvalue weighted by Crippen LogP contribution is 2.31. The maximum atomic E-state index is 13.8. The van der Waals surface area contributed by atoms with Gasteiger partial charge in [0.1, 0.15) is 5.82 Å². The van der Waals surface area contributed by atoms with E-state index in [0.29, 0.717) is 17.7 Å². The summed E-state index contributed by atoms with van der Waals surface area (Å²) < 4.78 is 13.8. The van der Waals surface area contributed by atoms with Crippen LogP contribution in [-0.2, 0) is 0 Å². The predicted octanol–water partition coefficient (Wildman–Crippen LogP) is 3.17. The van der Waals surface area contributed by atoms with Crippen LogP contribution in [0.5, 0.6) is 0 Å². The number of anilines is 1. The minimum Gasteiger partial charge on any atom is -0.395 e. The zero-order chi connectivity index (χ0) is 15.3. The second-order valence-corrected chi connectivity index (χ2v) is 5.22. The third-order valence-corrected chi connectivity index (χ3v) is 3.79. The predicted molar refractivity (Wildman–Crippen MR) is 80.6 cm³/mol. The van der Waals surface area contributed by atoms with E-state index in [1.54, 1.807) is 19.9 Å². The van der Waals surface area contributed by atoms with Gasteiger partial charge in [-0.1, -0.05) is 13.8 Å². The van der Waals surface area contributed by atoms with Crippen molar-refractivity contribution in [3.8, 4) is 0 Å². The lowest BCUT2D eigenvalue weighted by molar-refractivity contribution is 0.198. The molecule has 0 saturated heterocycles. The van der Waals surface area contributed by atoms with Crippen molar-refractivity contribution in [2.24, 2.45) is 0 Å². The molecule has 1 atom stereocenters. The quantitative estimate of drug-likeness (QED) is 0.808. The van der Waals surface area contributed by atoms with Gasteiger partial charge in [0.25, 0.3) is 0 Å². The van der Waals surface area contributed by atoms with Crippen molar-refractivity contribution in [1.29, 1.82) is 0 Å². The number of aliphatic hydroxyl groups excluding tert-OH is 2. The third kappa shape index (κ3) is 3.70. The summed E-state index contributed by atoms with van der Waals surface area (Å²) in [4.78, 5) is 2.08. The first-order valence-electron chi connectivity index (χ1n) is 7.31. The van der Waals surface area contributed by atoms with Gasteiger partial charge in [0.2, 0.25) is 0 Å². The molecule has 0 saturated carbocycles. The molecule has 0 unspecified atom stereocenters. The first-order chi connectivity index (χ1) is 9.46. The topological polar surface area (TPSA) is 43.7 Å². The summed E-state index contributed by atoms with van der Waals surface area (Å²) in [6.45, 7) is 8.06. The van der Waals surface area contributed by atoms with Gasteiger partial charge in [-0.05, 0) is 44.4 Å². The Bertz CT molecular complexity index is 431. The van der Waals surface area contributed by atoms with Gasteiger partial charge < -0.3 is 15.1 Å². The summed E-state index contributed by atoms with van der Waals surface area (Å²) in [6, 6.07) is 3.44. The summed E-state index contributed by atoms with van der Waals surface area (Å²) in [5, 5.41) is 19.2. The molecule has 0 heterocycles. The molecule has 1 rings (SSSR count). The molecule has 1 aromatic rings. The Balaban J connectivity index is 3.33. The van der Waals surface area contributed by atoms with Gasteiger partial charge in [0.05, 0.1) is 12.7 Å². The Kier molecular flexibility index (Phi) is 6.43. The molecule has 0 amide bonds. The molecule has 4 heteroatoms. The van der Waals surface area contributed by atoms with Gasteiger partial charge in [-0.25, -0.2) is 4.39 Å². The molecule has 0 aromatic heterocycles. The number of halogens is 1. The standard InChI is InChI=1S/C16H26FNO2/c1-5-13(6-2)18(7-8-19)16-9-11(3)15(17)10-14(16)12(4)20/h9-10,12-13,19-20H,5-8H2,1-4H3/t12-/m0/s1. The van der Waals surface area contributed by atoms with Crippen LogP contribution in [0.15, 0.2) is 12.1 Å². The van der Waals surface area contributed by atoms with Gasteiger partial charge in [-0.3, -0.25) is 0 Å². The smallest absolute Gasteiger partial charge is 0.126 e. The lowest BCUT2D eigenvalue weighted by Crippen LogP contribution is -2.37. The molecule has 0 aliphatic carbocycles. The molecule has 3 nitrogen and oxygen atoms in total. The van der Waals surface area contributed by atoms with E-state index in [-0.39, 0.29) is 18.5 Å². The minimum absolute atomic E-state index is 0.0339. The third-order valence-electron chi connectivity index (χ3n) is 3.79. The summed E-state index contributed by atoms with van der Waals surface area (Å²) in [5.41, 5.74) is 1.95. The first-order valence-corrected chi connectivity index (χ1v) is 7.31. The fourth-order valence-corrected chi connectivity index (χ4v) is 2.60. The number of hydrogen-bond donors (Lipinski definition) is 2. The summed E-state index contributed by atoms with van der Waals surface area (Å²) in [6.07, 6.45) is 1.13. The van der Waals surface area contributed by atoms with Crippen molar-refractivity contribution in [1.82, 2.24) is 0 Å². The van der Waals surface area contributed by atoms with Crippen LogP contribution in [-0.4, -0.2) is 29.4 Å². The number of nitrogens with zero attached hydrogens (tertiary/aromatic N) is 1. The van der Waals surface area contributed by atoms with E-state index in [0.717, 1.165) is 18.5 Å². The van der Waals surface area contributed by atoms with Crippen molar-refractivity contribution in [2.45, 2.75) is 52.7 Å². The van der Waals surface area contributed by atoms with Gasteiger partial charge in [0.15, 0.2) is 0 Å². The molecule has 0 aliphatic heterocycles. The van der Waals surface area contributed by atoms with Crippen LogP contribution in [0.4, 0.5) is 10.1 Å². The van der Waals surface area contributed by atoms with Crippen LogP contribution in [0.1, 0.15) is 50.8 Å². The molecule has 2 N–H and O–H groups in total. The van der Waals surface area contributed by atoms with Crippen LogP contribution >= 0.6 is 0 Å². The lowest BCUT2D eigenvalue weighted by atomic mass is 10.0. The summed E-state index contributed by atoms with van der Waals surface area (Å²) in [5.74, 6) is -0.307. The van der Waals surface area contributed by atoms with E-state index >= 15 is 0 Å². The zero-order valence-electron chi connectivity index (χ0n) is 12.9.